The lowest BCUT2D eigenvalue weighted by molar-refractivity contribution is -0.137. The topological polar surface area (TPSA) is 84.5 Å². The third-order valence-electron chi connectivity index (χ3n) is 6.51. The van der Waals surface area contributed by atoms with Crippen LogP contribution in [-0.4, -0.2) is 38.7 Å². The van der Waals surface area contributed by atoms with E-state index in [-0.39, 0.29) is 23.9 Å². The van der Waals surface area contributed by atoms with Gasteiger partial charge in [0.15, 0.2) is 11.6 Å². The second-order valence-electron chi connectivity index (χ2n) is 9.09. The van der Waals surface area contributed by atoms with Gasteiger partial charge in [-0.25, -0.2) is 0 Å². The number of nitrogens with zero attached hydrogens (tertiary/aromatic N) is 3. The molecule has 6 nitrogen and oxygen atoms in total. The van der Waals surface area contributed by atoms with E-state index < -0.39 is 11.7 Å². The molecule has 0 aliphatic heterocycles. The molecule has 0 unspecified atom stereocenters. The lowest BCUT2D eigenvalue weighted by Crippen LogP contribution is -2.04. The lowest BCUT2D eigenvalue weighted by Gasteiger charge is -2.07. The number of carbonyl (C=O) groups is 2. The van der Waals surface area contributed by atoms with Crippen molar-refractivity contribution in [1.29, 1.82) is 0 Å². The number of Topliss-reactive ketones (excluding diaryl/α,β-unsaturated/α-hetero) is 2. The first-order chi connectivity index (χ1) is 18.4. The van der Waals surface area contributed by atoms with Gasteiger partial charge in [-0.2, -0.15) is 18.3 Å². The van der Waals surface area contributed by atoms with E-state index in [9.17, 15) is 27.9 Å². The largest absolute Gasteiger partial charge is 0.506 e. The SMILES string of the molecule is CC(=NCC(=O)c1ccc(C(=O)CCc2c(C)nn(C)c2C)s1)c1csc(-c2ccc(C(F)(F)F)cc2)c1O. The Morgan fingerprint density at radius 3 is 2.28 bits per heavy atom. The maximum absolute atomic E-state index is 12.8. The van der Waals surface area contributed by atoms with Crippen LogP contribution in [0.4, 0.5) is 13.2 Å². The van der Waals surface area contributed by atoms with Gasteiger partial charge in [-0.3, -0.25) is 19.3 Å². The minimum Gasteiger partial charge on any atom is -0.506 e. The third-order valence-corrected chi connectivity index (χ3v) is 8.69. The zero-order valence-electron chi connectivity index (χ0n) is 21.7. The van der Waals surface area contributed by atoms with E-state index in [1.807, 2.05) is 20.9 Å². The predicted molar refractivity (Wildman–Crippen MR) is 147 cm³/mol. The predicted octanol–water partition coefficient (Wildman–Crippen LogP) is 7.06. The number of hydrogen-bond donors (Lipinski definition) is 1. The first-order valence-corrected chi connectivity index (χ1v) is 13.7. The van der Waals surface area contributed by atoms with Crippen LogP contribution < -0.4 is 0 Å². The van der Waals surface area contributed by atoms with Crippen LogP contribution in [0.1, 0.15) is 60.8 Å². The van der Waals surface area contributed by atoms with Crippen molar-refractivity contribution in [1.82, 2.24) is 9.78 Å². The number of halogens is 3. The van der Waals surface area contributed by atoms with Crippen molar-refractivity contribution in [3.63, 3.8) is 0 Å². The molecule has 3 heterocycles. The first kappa shape index (κ1) is 28.4. The number of aryl methyl sites for hydroxylation is 2. The number of aromatic hydroxyl groups is 1. The Hall–Kier alpha value is -3.57. The fraction of sp³-hybridized carbons (Fsp3) is 0.286. The second-order valence-corrected chi connectivity index (χ2v) is 11.1. The van der Waals surface area contributed by atoms with Crippen molar-refractivity contribution in [2.45, 2.75) is 39.8 Å². The Bertz CT molecular complexity index is 1560. The van der Waals surface area contributed by atoms with E-state index >= 15 is 0 Å². The minimum absolute atomic E-state index is 0.0413. The number of alkyl halides is 3. The van der Waals surface area contributed by atoms with Gasteiger partial charge >= 0.3 is 6.18 Å². The summed E-state index contributed by atoms with van der Waals surface area (Å²) in [5.74, 6) is -0.396. The lowest BCUT2D eigenvalue weighted by atomic mass is 10.1. The van der Waals surface area contributed by atoms with Gasteiger partial charge in [0.2, 0.25) is 0 Å². The maximum atomic E-state index is 12.8. The van der Waals surface area contributed by atoms with Gasteiger partial charge in [0.05, 0.1) is 25.9 Å². The van der Waals surface area contributed by atoms with Crippen LogP contribution in [0.25, 0.3) is 10.4 Å². The molecule has 0 radical (unpaired) electrons. The Kier molecular flexibility index (Phi) is 8.22. The molecule has 204 valence electrons. The van der Waals surface area contributed by atoms with Crippen LogP contribution in [0.2, 0.25) is 0 Å². The normalized spacial score (nSPS) is 12.2. The van der Waals surface area contributed by atoms with Gasteiger partial charge < -0.3 is 5.11 Å². The summed E-state index contributed by atoms with van der Waals surface area (Å²) in [5.41, 5.74) is 3.50. The van der Waals surface area contributed by atoms with E-state index in [0.717, 1.165) is 40.4 Å². The summed E-state index contributed by atoms with van der Waals surface area (Å²) < 4.78 is 40.3. The van der Waals surface area contributed by atoms with Crippen LogP contribution in [-0.2, 0) is 19.6 Å². The van der Waals surface area contributed by atoms with Crippen molar-refractivity contribution >= 4 is 40.0 Å². The number of aromatic nitrogens is 2. The highest BCUT2D eigenvalue weighted by molar-refractivity contribution is 7.16. The molecular weight excluding hydrogens is 547 g/mol. The van der Waals surface area contributed by atoms with Crippen LogP contribution in [0.5, 0.6) is 5.75 Å². The summed E-state index contributed by atoms with van der Waals surface area (Å²) >= 11 is 2.31. The average Bonchev–Trinajstić information content (AvgIpc) is 3.59. The minimum atomic E-state index is -4.44. The molecule has 0 aliphatic carbocycles. The standard InChI is InChI=1S/C28H26F3N3O3S2/c1-15(21-14-38-27(26(21)37)18-5-7-19(8-6-18)28(29,30)31)32-13-23(36)25-12-11-24(39-25)22(35)10-9-20-16(2)33-34(4)17(20)3/h5-8,11-12,14,37H,9-10,13H2,1-4H3. The zero-order chi connectivity index (χ0) is 28.5. The Labute approximate surface area is 231 Å². The van der Waals surface area contributed by atoms with Crippen molar-refractivity contribution in [2.75, 3.05) is 6.54 Å². The molecule has 0 saturated carbocycles. The summed E-state index contributed by atoms with van der Waals surface area (Å²) in [6, 6.07) is 7.83. The number of ketones is 2. The van der Waals surface area contributed by atoms with E-state index in [1.165, 1.54) is 23.5 Å². The summed E-state index contributed by atoms with van der Waals surface area (Å²) in [7, 11) is 1.87. The van der Waals surface area contributed by atoms with Gasteiger partial charge in [0.25, 0.3) is 0 Å². The van der Waals surface area contributed by atoms with Crippen LogP contribution in [0.3, 0.4) is 0 Å². The smallest absolute Gasteiger partial charge is 0.416 e. The molecule has 0 saturated heterocycles. The number of rotatable bonds is 9. The van der Waals surface area contributed by atoms with E-state index in [0.29, 0.717) is 44.3 Å². The molecule has 0 bridgehead atoms. The van der Waals surface area contributed by atoms with Crippen LogP contribution >= 0.6 is 22.7 Å². The molecule has 0 spiro atoms. The van der Waals surface area contributed by atoms with Gasteiger partial charge in [-0.15, -0.1) is 22.7 Å². The molecule has 0 atom stereocenters. The summed E-state index contributed by atoms with van der Waals surface area (Å²) in [5, 5.41) is 16.7. The average molecular weight is 574 g/mol. The van der Waals surface area contributed by atoms with E-state index in [2.05, 4.69) is 10.1 Å². The van der Waals surface area contributed by atoms with Gasteiger partial charge in [0, 0.05) is 35.8 Å². The summed E-state index contributed by atoms with van der Waals surface area (Å²) in [4.78, 5) is 31.1. The molecule has 0 fully saturated rings. The summed E-state index contributed by atoms with van der Waals surface area (Å²) in [6.07, 6.45) is -3.54. The van der Waals surface area contributed by atoms with Crippen LogP contribution in [0, 0.1) is 13.8 Å². The van der Waals surface area contributed by atoms with Crippen molar-refractivity contribution < 1.29 is 27.9 Å². The zero-order valence-corrected chi connectivity index (χ0v) is 23.4. The van der Waals surface area contributed by atoms with E-state index in [4.69, 9.17) is 0 Å². The Morgan fingerprint density at radius 1 is 1.05 bits per heavy atom. The number of aliphatic imine (C=N–C) groups is 1. The third kappa shape index (κ3) is 6.20. The highest BCUT2D eigenvalue weighted by Gasteiger charge is 2.30. The quantitative estimate of drug-likeness (QED) is 0.172. The number of carbonyl (C=O) groups excluding carboxylic acids is 2. The number of benzene rings is 1. The molecule has 39 heavy (non-hydrogen) atoms. The highest BCUT2D eigenvalue weighted by atomic mass is 32.1. The first-order valence-electron chi connectivity index (χ1n) is 12.0. The Balaban J connectivity index is 1.39. The molecule has 4 aromatic rings. The molecule has 3 aromatic heterocycles. The fourth-order valence-corrected chi connectivity index (χ4v) is 6.07. The van der Waals surface area contributed by atoms with Crippen molar-refractivity contribution in [3.05, 3.63) is 79.6 Å². The molecule has 4 rings (SSSR count). The number of hydrogen-bond acceptors (Lipinski definition) is 7. The summed E-state index contributed by atoms with van der Waals surface area (Å²) in [6.45, 7) is 5.37. The van der Waals surface area contributed by atoms with Gasteiger partial charge in [-0.05, 0) is 62.6 Å². The van der Waals surface area contributed by atoms with E-state index in [1.54, 1.807) is 29.1 Å². The van der Waals surface area contributed by atoms with Gasteiger partial charge in [0.1, 0.15) is 12.3 Å². The maximum Gasteiger partial charge on any atom is 0.416 e. The van der Waals surface area contributed by atoms with Crippen molar-refractivity contribution in [2.24, 2.45) is 12.0 Å². The van der Waals surface area contributed by atoms with Crippen LogP contribution in [0.15, 0.2) is 46.8 Å². The molecule has 0 amide bonds. The molecule has 1 N–H and O–H groups in total. The highest BCUT2D eigenvalue weighted by Crippen LogP contribution is 2.40. The van der Waals surface area contributed by atoms with Gasteiger partial charge in [-0.1, -0.05) is 12.1 Å². The molecule has 0 aliphatic rings. The molecule has 1 aromatic carbocycles. The van der Waals surface area contributed by atoms with Crippen molar-refractivity contribution in [3.8, 4) is 16.2 Å². The monoisotopic (exact) mass is 573 g/mol. The second kappa shape index (κ2) is 11.3. The molecule has 11 heteroatoms. The molecular formula is C28H26F3N3O3S2. The fourth-order valence-electron chi connectivity index (χ4n) is 4.16. The Morgan fingerprint density at radius 2 is 1.69 bits per heavy atom. The number of thiophene rings is 2.